The Balaban J connectivity index is 2.14. The van der Waals surface area contributed by atoms with Crippen LogP contribution in [-0.2, 0) is 9.92 Å². The number of nitrogens with zero attached hydrogens (tertiary/aromatic N) is 2. The summed E-state index contributed by atoms with van der Waals surface area (Å²) >= 11 is 0. The van der Waals surface area contributed by atoms with E-state index in [1.807, 2.05) is 0 Å². The molecule has 1 atom stereocenters. The fraction of sp³-hybridized carbons (Fsp3) is 0.250. The first-order chi connectivity index (χ1) is 11.2. The second kappa shape index (κ2) is 6.98. The van der Waals surface area contributed by atoms with E-state index in [2.05, 4.69) is 9.68 Å². The van der Waals surface area contributed by atoms with Crippen molar-refractivity contribution in [2.45, 2.75) is 6.92 Å². The Kier molecular flexibility index (Phi) is 5.20. The maximum absolute atomic E-state index is 12.1. The molecular weight excluding hydrogens is 330 g/mol. The van der Waals surface area contributed by atoms with Gasteiger partial charge in [0, 0.05) is 37.2 Å². The van der Waals surface area contributed by atoms with Gasteiger partial charge in [-0.3, -0.25) is 9.59 Å². The number of anilines is 1. The van der Waals surface area contributed by atoms with E-state index in [1.165, 1.54) is 29.0 Å². The van der Waals surface area contributed by atoms with E-state index < -0.39 is 15.8 Å². The first-order valence-corrected chi connectivity index (χ1v) is 8.98. The fourth-order valence-corrected chi connectivity index (χ4v) is 2.35. The highest BCUT2D eigenvalue weighted by atomic mass is 32.2. The predicted molar refractivity (Wildman–Crippen MR) is 92.4 cm³/mol. The van der Waals surface area contributed by atoms with Gasteiger partial charge in [-0.15, -0.1) is 4.36 Å². The molecule has 0 bridgehead atoms. The number of amides is 2. The van der Waals surface area contributed by atoms with Crippen LogP contribution in [0.2, 0.25) is 0 Å². The molecule has 0 saturated heterocycles. The second-order valence-corrected chi connectivity index (χ2v) is 7.87. The van der Waals surface area contributed by atoms with E-state index in [-0.39, 0.29) is 11.7 Å². The van der Waals surface area contributed by atoms with Crippen molar-refractivity contribution in [3.8, 4) is 0 Å². The van der Waals surface area contributed by atoms with Gasteiger partial charge in [0.05, 0.1) is 6.26 Å². The lowest BCUT2D eigenvalue weighted by molar-refractivity contribution is 0.0992. The zero-order chi connectivity index (χ0) is 17.9. The van der Waals surface area contributed by atoms with E-state index in [0.717, 1.165) is 5.56 Å². The molecule has 0 fully saturated rings. The summed E-state index contributed by atoms with van der Waals surface area (Å²) in [6.45, 7) is 1.77. The first-order valence-electron chi connectivity index (χ1n) is 7.10. The van der Waals surface area contributed by atoms with Crippen molar-refractivity contribution in [1.82, 2.24) is 4.31 Å². The molecule has 0 saturated carbocycles. The standard InChI is InChI=1S/C16H19N3O4S/c1-11-9-10-23-14(11)16(21)17-13-7-5-12(6-8-13)15(20)18-24(4,22)19(2)3/h5-10H,1-4H3,(H,17,21). The molecule has 8 heteroatoms. The third-order valence-corrected chi connectivity index (χ3v) is 5.25. The number of rotatable bonds is 4. The van der Waals surface area contributed by atoms with Gasteiger partial charge in [-0.25, -0.2) is 8.51 Å². The maximum Gasteiger partial charge on any atom is 0.291 e. The van der Waals surface area contributed by atoms with E-state index >= 15 is 0 Å². The molecule has 1 N–H and O–H groups in total. The van der Waals surface area contributed by atoms with Crippen molar-refractivity contribution in [2.24, 2.45) is 4.36 Å². The molecule has 1 aromatic carbocycles. The molecule has 1 aromatic heterocycles. The van der Waals surface area contributed by atoms with Crippen LogP contribution in [0.3, 0.4) is 0 Å². The van der Waals surface area contributed by atoms with Crippen molar-refractivity contribution < 1.29 is 18.2 Å². The molecule has 2 amide bonds. The van der Waals surface area contributed by atoms with Gasteiger partial charge < -0.3 is 9.73 Å². The van der Waals surface area contributed by atoms with Crippen LogP contribution < -0.4 is 5.32 Å². The lowest BCUT2D eigenvalue weighted by atomic mass is 10.2. The highest BCUT2D eigenvalue weighted by molar-refractivity contribution is 7.90. The summed E-state index contributed by atoms with van der Waals surface area (Å²) in [7, 11) is 0.451. The Bertz CT molecular complexity index is 875. The van der Waals surface area contributed by atoms with Crippen LogP contribution >= 0.6 is 0 Å². The number of aryl methyl sites for hydroxylation is 1. The van der Waals surface area contributed by atoms with E-state index in [9.17, 15) is 13.8 Å². The lowest BCUT2D eigenvalue weighted by Gasteiger charge is -2.11. The van der Waals surface area contributed by atoms with Gasteiger partial charge in [0.25, 0.3) is 11.8 Å². The third-order valence-electron chi connectivity index (χ3n) is 3.39. The maximum atomic E-state index is 12.1. The van der Waals surface area contributed by atoms with Crippen LogP contribution in [0.4, 0.5) is 5.69 Å². The van der Waals surface area contributed by atoms with Gasteiger partial charge in [-0.1, -0.05) is 0 Å². The molecular formula is C16H19N3O4S. The van der Waals surface area contributed by atoms with Gasteiger partial charge in [-0.2, -0.15) is 0 Å². The molecule has 0 radical (unpaired) electrons. The molecule has 24 heavy (non-hydrogen) atoms. The summed E-state index contributed by atoms with van der Waals surface area (Å²) in [5.41, 5.74) is 1.54. The second-order valence-electron chi connectivity index (χ2n) is 5.44. The lowest BCUT2D eigenvalue weighted by Crippen LogP contribution is -2.21. The summed E-state index contributed by atoms with van der Waals surface area (Å²) in [5, 5.41) is 2.68. The van der Waals surface area contributed by atoms with Crippen LogP contribution in [0.25, 0.3) is 0 Å². The minimum atomic E-state index is -2.73. The number of hydrogen-bond donors (Lipinski definition) is 1. The van der Waals surface area contributed by atoms with Crippen LogP contribution in [0, 0.1) is 6.92 Å². The minimum absolute atomic E-state index is 0.238. The van der Waals surface area contributed by atoms with Crippen molar-refractivity contribution in [1.29, 1.82) is 0 Å². The Morgan fingerprint density at radius 1 is 1.17 bits per heavy atom. The SMILES string of the molecule is Cc1ccoc1C(=O)Nc1ccc(C(=O)N=S(C)(=O)N(C)C)cc1. The molecule has 1 unspecified atom stereocenters. The monoisotopic (exact) mass is 349 g/mol. The van der Waals surface area contributed by atoms with Gasteiger partial charge in [0.2, 0.25) is 0 Å². The van der Waals surface area contributed by atoms with Gasteiger partial charge in [-0.05, 0) is 37.3 Å². The van der Waals surface area contributed by atoms with Gasteiger partial charge in [0.1, 0.15) is 9.92 Å². The van der Waals surface area contributed by atoms with Gasteiger partial charge in [0.15, 0.2) is 5.76 Å². The van der Waals surface area contributed by atoms with E-state index in [1.54, 1.807) is 39.2 Å². The number of carbonyl (C=O) groups is 2. The Labute approximate surface area is 141 Å². The highest BCUT2D eigenvalue weighted by Crippen LogP contribution is 2.15. The third kappa shape index (κ3) is 4.09. The molecule has 2 rings (SSSR count). The molecule has 0 spiro atoms. The number of hydrogen-bond acceptors (Lipinski definition) is 4. The van der Waals surface area contributed by atoms with Crippen molar-refractivity contribution in [3.63, 3.8) is 0 Å². The number of carbonyl (C=O) groups excluding carboxylic acids is 2. The molecule has 0 aliphatic carbocycles. The topological polar surface area (TPSA) is 92.0 Å². The number of nitrogens with one attached hydrogen (secondary N) is 1. The summed E-state index contributed by atoms with van der Waals surface area (Å²) < 4.78 is 22.4. The van der Waals surface area contributed by atoms with E-state index in [4.69, 9.17) is 4.42 Å². The number of benzene rings is 1. The average Bonchev–Trinajstić information content (AvgIpc) is 2.93. The average molecular weight is 349 g/mol. The Hall–Kier alpha value is -2.45. The molecule has 0 aliphatic rings. The zero-order valence-electron chi connectivity index (χ0n) is 13.9. The molecule has 7 nitrogen and oxygen atoms in total. The molecule has 128 valence electrons. The first kappa shape index (κ1) is 17.9. The van der Waals surface area contributed by atoms with Crippen LogP contribution in [-0.4, -0.2) is 40.7 Å². The van der Waals surface area contributed by atoms with E-state index in [0.29, 0.717) is 11.3 Å². The van der Waals surface area contributed by atoms with Crippen molar-refractivity contribution in [3.05, 3.63) is 53.5 Å². The van der Waals surface area contributed by atoms with Gasteiger partial charge >= 0.3 is 0 Å². The van der Waals surface area contributed by atoms with Crippen LogP contribution in [0.15, 0.2) is 45.4 Å². The zero-order valence-corrected chi connectivity index (χ0v) is 14.7. The number of furan rings is 1. The smallest absolute Gasteiger partial charge is 0.291 e. The van der Waals surface area contributed by atoms with Crippen LogP contribution in [0.5, 0.6) is 0 Å². The minimum Gasteiger partial charge on any atom is -0.459 e. The van der Waals surface area contributed by atoms with Crippen molar-refractivity contribution in [2.75, 3.05) is 25.7 Å². The van der Waals surface area contributed by atoms with Crippen molar-refractivity contribution >= 4 is 27.4 Å². The quantitative estimate of drug-likeness (QED) is 0.918. The molecule has 1 heterocycles. The normalized spacial score (nSPS) is 13.4. The van der Waals surface area contributed by atoms with Crippen LogP contribution in [0.1, 0.15) is 26.5 Å². The summed E-state index contributed by atoms with van der Waals surface area (Å²) in [6, 6.07) is 7.88. The molecule has 2 aromatic rings. The summed E-state index contributed by atoms with van der Waals surface area (Å²) in [4.78, 5) is 24.1. The largest absolute Gasteiger partial charge is 0.459 e. The fourth-order valence-electron chi connectivity index (χ4n) is 1.78. The molecule has 0 aliphatic heterocycles. The summed E-state index contributed by atoms with van der Waals surface area (Å²) in [5.74, 6) is -0.705. The Morgan fingerprint density at radius 3 is 2.29 bits per heavy atom. The predicted octanol–water partition coefficient (Wildman–Crippen LogP) is 2.55. The highest BCUT2D eigenvalue weighted by Gasteiger charge is 2.14. The Morgan fingerprint density at radius 2 is 1.79 bits per heavy atom. The summed E-state index contributed by atoms with van der Waals surface area (Å²) in [6.07, 6.45) is 2.84.